The number of nitriles is 1. The van der Waals surface area contributed by atoms with E-state index in [0.717, 1.165) is 86.9 Å². The number of hydrogen-bond donors (Lipinski definition) is 2. The second-order valence-electron chi connectivity index (χ2n) is 11.5. The Morgan fingerprint density at radius 1 is 1.13 bits per heavy atom. The van der Waals surface area contributed by atoms with E-state index in [4.69, 9.17) is 21.8 Å². The van der Waals surface area contributed by atoms with Gasteiger partial charge in [0.1, 0.15) is 11.3 Å². The van der Waals surface area contributed by atoms with Crippen molar-refractivity contribution in [2.24, 2.45) is 5.41 Å². The molecule has 39 heavy (non-hydrogen) atoms. The molecule has 206 valence electrons. The van der Waals surface area contributed by atoms with E-state index >= 15 is 0 Å². The van der Waals surface area contributed by atoms with Crippen molar-refractivity contribution in [3.8, 4) is 17.5 Å². The number of aromatic nitrogens is 3. The van der Waals surface area contributed by atoms with Crippen LogP contribution < -0.4 is 10.2 Å². The quantitative estimate of drug-likeness (QED) is 0.457. The second kappa shape index (κ2) is 11.4. The number of amides is 1. The minimum atomic E-state index is -0.346. The Labute approximate surface area is 235 Å². The van der Waals surface area contributed by atoms with Crippen LogP contribution in [-0.4, -0.2) is 82.5 Å². The van der Waals surface area contributed by atoms with Crippen LogP contribution in [0.4, 0.5) is 11.4 Å². The lowest BCUT2D eigenvalue weighted by atomic mass is 9.94. The summed E-state index contributed by atoms with van der Waals surface area (Å²) in [5.74, 6) is 0.965. The summed E-state index contributed by atoms with van der Waals surface area (Å²) in [5.41, 5.74) is 4.06. The first-order valence-corrected chi connectivity index (χ1v) is 14.2. The Morgan fingerprint density at radius 2 is 1.82 bits per heavy atom. The first-order chi connectivity index (χ1) is 18.7. The third-order valence-corrected chi connectivity index (χ3v) is 7.95. The number of H-pyrrole nitrogens is 1. The zero-order valence-electron chi connectivity index (χ0n) is 23.0. The summed E-state index contributed by atoms with van der Waals surface area (Å²) in [7, 11) is 0. The third-order valence-electron chi connectivity index (χ3n) is 7.66. The van der Waals surface area contributed by atoms with Crippen molar-refractivity contribution >= 4 is 40.0 Å². The van der Waals surface area contributed by atoms with E-state index in [2.05, 4.69) is 55.4 Å². The summed E-state index contributed by atoms with van der Waals surface area (Å²) in [6.07, 6.45) is 4.22. The van der Waals surface area contributed by atoms with Gasteiger partial charge in [-0.3, -0.25) is 4.79 Å². The van der Waals surface area contributed by atoms with Crippen LogP contribution in [-0.2, 0) is 4.79 Å². The maximum Gasteiger partial charge on any atom is 0.228 e. The number of benzene rings is 1. The van der Waals surface area contributed by atoms with Gasteiger partial charge in [0.2, 0.25) is 5.91 Å². The molecule has 2 saturated heterocycles. The number of halogens is 1. The maximum atomic E-state index is 12.6. The Bertz CT molecular complexity index is 1340. The summed E-state index contributed by atoms with van der Waals surface area (Å²) >= 11 is 6.59. The molecule has 1 aromatic carbocycles. The van der Waals surface area contributed by atoms with Gasteiger partial charge in [0.05, 0.1) is 23.0 Å². The minimum absolute atomic E-state index is 0.214. The number of nitrogens with one attached hydrogen (secondary N) is 2. The van der Waals surface area contributed by atoms with Crippen LogP contribution in [0.3, 0.4) is 0 Å². The Kier molecular flexibility index (Phi) is 7.96. The number of carbonyl (C=O) groups is 1. The number of fused-ring (bicyclic) bond motifs is 1. The van der Waals surface area contributed by atoms with Gasteiger partial charge in [0, 0.05) is 74.9 Å². The van der Waals surface area contributed by atoms with Gasteiger partial charge in [0.15, 0.2) is 5.65 Å². The highest BCUT2D eigenvalue weighted by molar-refractivity contribution is 6.34. The van der Waals surface area contributed by atoms with Crippen molar-refractivity contribution in [1.82, 2.24) is 24.8 Å². The van der Waals surface area contributed by atoms with Gasteiger partial charge >= 0.3 is 0 Å². The van der Waals surface area contributed by atoms with Crippen LogP contribution in [0.5, 0.6) is 0 Å². The van der Waals surface area contributed by atoms with Gasteiger partial charge in [-0.25, -0.2) is 9.97 Å². The van der Waals surface area contributed by atoms with E-state index in [9.17, 15) is 4.79 Å². The fourth-order valence-electron chi connectivity index (χ4n) is 5.40. The van der Waals surface area contributed by atoms with Gasteiger partial charge in [-0.05, 0) is 37.1 Å². The van der Waals surface area contributed by atoms with Crippen molar-refractivity contribution in [1.29, 1.82) is 5.26 Å². The zero-order chi connectivity index (χ0) is 27.6. The van der Waals surface area contributed by atoms with E-state index in [0.29, 0.717) is 23.1 Å². The number of piperidine rings is 1. The second-order valence-corrected chi connectivity index (χ2v) is 11.9. The molecule has 9 nitrogen and oxygen atoms in total. The molecule has 4 heterocycles. The number of pyridine rings is 1. The van der Waals surface area contributed by atoms with Crippen LogP contribution in [0.2, 0.25) is 5.02 Å². The van der Waals surface area contributed by atoms with Crippen molar-refractivity contribution in [2.75, 3.05) is 56.0 Å². The number of hydrogen-bond acceptors (Lipinski definition) is 7. The van der Waals surface area contributed by atoms with Gasteiger partial charge in [-0.2, -0.15) is 5.26 Å². The molecule has 2 aromatic heterocycles. The number of aromatic amines is 1. The predicted molar refractivity (Wildman–Crippen MR) is 156 cm³/mol. The topological polar surface area (TPSA) is 104 Å². The predicted octanol–water partition coefficient (Wildman–Crippen LogP) is 4.76. The normalized spacial score (nSPS) is 17.4. The Morgan fingerprint density at radius 3 is 2.46 bits per heavy atom. The molecule has 2 aliphatic rings. The molecule has 0 saturated carbocycles. The maximum absolute atomic E-state index is 12.6. The molecule has 0 spiro atoms. The Hall–Kier alpha value is -3.35. The number of rotatable bonds is 6. The molecule has 0 aliphatic carbocycles. The van der Waals surface area contributed by atoms with E-state index < -0.39 is 0 Å². The third kappa shape index (κ3) is 6.13. The largest absolute Gasteiger partial charge is 0.379 e. The van der Waals surface area contributed by atoms with E-state index in [1.807, 2.05) is 25.7 Å². The number of carbonyl (C=O) groups excluding carboxylic acids is 1. The fourth-order valence-corrected chi connectivity index (χ4v) is 5.59. The molecular formula is C29H37ClN8O. The number of anilines is 2. The molecule has 2 aliphatic heterocycles. The lowest BCUT2D eigenvalue weighted by Gasteiger charge is -2.38. The van der Waals surface area contributed by atoms with Crippen molar-refractivity contribution in [3.05, 3.63) is 35.5 Å². The van der Waals surface area contributed by atoms with Gasteiger partial charge in [-0.15, -0.1) is 0 Å². The van der Waals surface area contributed by atoms with E-state index in [1.54, 1.807) is 6.20 Å². The molecule has 0 atom stereocenters. The van der Waals surface area contributed by atoms with Crippen molar-refractivity contribution in [2.45, 2.75) is 46.1 Å². The summed E-state index contributed by atoms with van der Waals surface area (Å²) in [4.78, 5) is 31.9. The molecule has 3 aromatic rings. The monoisotopic (exact) mass is 548 g/mol. The van der Waals surface area contributed by atoms with Crippen LogP contribution in [0.25, 0.3) is 22.6 Å². The highest BCUT2D eigenvalue weighted by Gasteiger charge is 2.30. The molecule has 2 fully saturated rings. The smallest absolute Gasteiger partial charge is 0.228 e. The fraction of sp³-hybridized carbons (Fsp3) is 0.517. The van der Waals surface area contributed by atoms with Crippen LogP contribution >= 0.6 is 11.6 Å². The van der Waals surface area contributed by atoms with Crippen molar-refractivity contribution < 1.29 is 4.79 Å². The summed E-state index contributed by atoms with van der Waals surface area (Å²) < 4.78 is 0. The first kappa shape index (κ1) is 27.2. The lowest BCUT2D eigenvalue weighted by molar-refractivity contribution is -0.139. The Balaban J connectivity index is 1.26. The van der Waals surface area contributed by atoms with Gasteiger partial charge < -0.3 is 25.0 Å². The summed E-state index contributed by atoms with van der Waals surface area (Å²) in [5, 5.41) is 13.1. The zero-order valence-corrected chi connectivity index (χ0v) is 23.8. The van der Waals surface area contributed by atoms with Crippen molar-refractivity contribution in [3.63, 3.8) is 0 Å². The molecule has 0 radical (unpaired) electrons. The molecule has 1 amide bonds. The highest BCUT2D eigenvalue weighted by atomic mass is 35.5. The molecular weight excluding hydrogens is 512 g/mol. The average Bonchev–Trinajstić information content (AvgIpc) is 3.38. The molecule has 2 N–H and O–H groups in total. The SMILES string of the molecule is CC(C)(C)C(=O)N1CCN(c2ccc(-c3nc4ncc(Cl)c(NC5CCN(CCC#N)CC5)c4[nH]3)cc2)CC1. The van der Waals surface area contributed by atoms with Crippen LogP contribution in [0.1, 0.15) is 40.0 Å². The number of likely N-dealkylation sites (tertiary alicyclic amines) is 1. The van der Waals surface area contributed by atoms with Crippen LogP contribution in [0.15, 0.2) is 30.5 Å². The first-order valence-electron chi connectivity index (χ1n) is 13.8. The molecule has 0 unspecified atom stereocenters. The highest BCUT2D eigenvalue weighted by Crippen LogP contribution is 2.33. The van der Waals surface area contributed by atoms with Gasteiger partial charge in [-0.1, -0.05) is 32.4 Å². The number of piperazine rings is 1. The molecule has 10 heteroatoms. The van der Waals surface area contributed by atoms with Crippen LogP contribution in [0, 0.1) is 16.7 Å². The minimum Gasteiger partial charge on any atom is -0.379 e. The van der Waals surface area contributed by atoms with Gasteiger partial charge in [0.25, 0.3) is 0 Å². The summed E-state index contributed by atoms with van der Waals surface area (Å²) in [6.45, 7) is 11.8. The standard InChI is InChI=1S/C29H37ClN8O/c1-29(2,3)28(39)38-17-15-37(16-18-38)22-7-5-20(6-8-22)26-34-25-24(23(30)19-32-27(25)35-26)33-21-9-13-36(14-10-21)12-4-11-31/h5-8,19,21H,4,9-10,12-18H2,1-3H3,(H2,32,33,34,35). The number of imidazole rings is 1. The molecule has 0 bridgehead atoms. The van der Waals surface area contributed by atoms with E-state index in [1.165, 1.54) is 0 Å². The number of nitrogens with zero attached hydrogens (tertiary/aromatic N) is 6. The van der Waals surface area contributed by atoms with E-state index in [-0.39, 0.29) is 11.3 Å². The average molecular weight is 549 g/mol. The summed E-state index contributed by atoms with van der Waals surface area (Å²) in [6, 6.07) is 10.9. The lowest BCUT2D eigenvalue weighted by Crippen LogP contribution is -2.51. The molecule has 5 rings (SSSR count).